The molecule has 0 radical (unpaired) electrons. The van der Waals surface area contributed by atoms with E-state index in [4.69, 9.17) is 10.5 Å². The van der Waals surface area contributed by atoms with Crippen LogP contribution in [0.5, 0.6) is 0 Å². The highest BCUT2D eigenvalue weighted by molar-refractivity contribution is 5.97. The molecule has 0 unspecified atom stereocenters. The van der Waals surface area contributed by atoms with Gasteiger partial charge in [0.1, 0.15) is 6.61 Å². The normalized spacial score (nSPS) is 12.3. The van der Waals surface area contributed by atoms with E-state index < -0.39 is 5.91 Å². The van der Waals surface area contributed by atoms with Crippen molar-refractivity contribution in [2.24, 2.45) is 5.73 Å². The van der Waals surface area contributed by atoms with Crippen molar-refractivity contribution in [3.8, 4) is 0 Å². The third kappa shape index (κ3) is 2.15. The van der Waals surface area contributed by atoms with Gasteiger partial charge in [-0.1, -0.05) is 13.8 Å². The van der Waals surface area contributed by atoms with Crippen molar-refractivity contribution in [3.63, 3.8) is 0 Å². The summed E-state index contributed by atoms with van der Waals surface area (Å²) in [4.78, 5) is 21.8. The Hall–Kier alpha value is -1.84. The fourth-order valence-electron chi connectivity index (χ4n) is 1.29. The maximum atomic E-state index is 11.0. The highest BCUT2D eigenvalue weighted by Gasteiger charge is 2.21. The lowest BCUT2D eigenvalue weighted by molar-refractivity contribution is 0.0535. The third-order valence-corrected chi connectivity index (χ3v) is 1.97. The van der Waals surface area contributed by atoms with Crippen LogP contribution >= 0.6 is 0 Å². The molecule has 1 amide bonds. The molecule has 0 atom stereocenters. The first kappa shape index (κ1) is 11.2. The number of fused-ring (bicyclic) bond motifs is 1. The fraction of sp³-hybridized carbons (Fsp3) is 0.273. The summed E-state index contributed by atoms with van der Waals surface area (Å²) in [6, 6.07) is 4.67. The molecule has 2 rings (SSSR count). The van der Waals surface area contributed by atoms with Gasteiger partial charge in [0.15, 0.2) is 0 Å². The van der Waals surface area contributed by atoms with Crippen LogP contribution in [-0.2, 0) is 11.3 Å². The molecule has 1 heterocycles. The Balaban J connectivity index is 0.000000531. The molecule has 0 aliphatic carbocycles. The number of amides is 1. The molecule has 1 aromatic rings. The number of carbonyl (C=O) groups excluding carboxylic acids is 2. The molecule has 0 spiro atoms. The van der Waals surface area contributed by atoms with Crippen LogP contribution in [0.25, 0.3) is 0 Å². The predicted octanol–water partition coefficient (Wildman–Crippen LogP) is 1.48. The first-order valence-corrected chi connectivity index (χ1v) is 4.78. The first-order valence-electron chi connectivity index (χ1n) is 4.78. The third-order valence-electron chi connectivity index (χ3n) is 1.97. The summed E-state index contributed by atoms with van der Waals surface area (Å²) in [6.07, 6.45) is 0. The molecule has 1 aromatic carbocycles. The number of ether oxygens (including phenoxy) is 1. The van der Waals surface area contributed by atoms with Crippen LogP contribution in [0.4, 0.5) is 0 Å². The number of cyclic esters (lactones) is 1. The summed E-state index contributed by atoms with van der Waals surface area (Å²) < 4.78 is 4.77. The molecule has 0 bridgehead atoms. The van der Waals surface area contributed by atoms with Gasteiger partial charge in [0.25, 0.3) is 0 Å². The molecule has 0 saturated heterocycles. The van der Waals surface area contributed by atoms with E-state index >= 15 is 0 Å². The monoisotopic (exact) mass is 207 g/mol. The lowest BCUT2D eigenvalue weighted by Crippen LogP contribution is -2.11. The number of carbonyl (C=O) groups is 2. The summed E-state index contributed by atoms with van der Waals surface area (Å²) in [7, 11) is 0. The van der Waals surface area contributed by atoms with E-state index in [9.17, 15) is 9.59 Å². The summed E-state index contributed by atoms with van der Waals surface area (Å²) in [5.74, 6) is -0.840. The van der Waals surface area contributed by atoms with Crippen molar-refractivity contribution in [1.82, 2.24) is 0 Å². The van der Waals surface area contributed by atoms with Crippen molar-refractivity contribution in [1.29, 1.82) is 0 Å². The average Bonchev–Trinajstić information content (AvgIpc) is 2.63. The van der Waals surface area contributed by atoms with Gasteiger partial charge >= 0.3 is 5.97 Å². The van der Waals surface area contributed by atoms with Gasteiger partial charge in [-0.2, -0.15) is 0 Å². The second-order valence-electron chi connectivity index (χ2n) is 2.81. The molecule has 0 aromatic heterocycles. The highest BCUT2D eigenvalue weighted by atomic mass is 16.5. The summed E-state index contributed by atoms with van der Waals surface area (Å²) in [5.41, 5.74) is 6.72. The molecule has 0 fully saturated rings. The smallest absolute Gasteiger partial charge is 0.338 e. The van der Waals surface area contributed by atoms with Crippen molar-refractivity contribution < 1.29 is 14.3 Å². The van der Waals surface area contributed by atoms with E-state index in [1.54, 1.807) is 12.1 Å². The van der Waals surface area contributed by atoms with Crippen molar-refractivity contribution in [2.75, 3.05) is 0 Å². The van der Waals surface area contributed by atoms with Gasteiger partial charge in [-0.25, -0.2) is 4.79 Å². The number of benzene rings is 1. The lowest BCUT2D eigenvalue weighted by atomic mass is 10.1. The van der Waals surface area contributed by atoms with Crippen LogP contribution in [-0.4, -0.2) is 11.9 Å². The van der Waals surface area contributed by atoms with Crippen LogP contribution in [0.1, 0.15) is 40.1 Å². The molecule has 4 nitrogen and oxygen atoms in total. The van der Waals surface area contributed by atoms with Crippen LogP contribution in [0.3, 0.4) is 0 Å². The first-order chi connectivity index (χ1) is 7.18. The van der Waals surface area contributed by atoms with E-state index in [1.807, 2.05) is 13.8 Å². The second kappa shape index (κ2) is 4.59. The minimum absolute atomic E-state index is 0.231. The maximum Gasteiger partial charge on any atom is 0.338 e. The van der Waals surface area contributed by atoms with Gasteiger partial charge in [-0.05, 0) is 18.2 Å². The topological polar surface area (TPSA) is 69.4 Å². The molecule has 4 heteroatoms. The van der Waals surface area contributed by atoms with Crippen LogP contribution in [0.2, 0.25) is 0 Å². The number of hydrogen-bond acceptors (Lipinski definition) is 3. The number of hydrogen-bond donors (Lipinski definition) is 1. The van der Waals surface area contributed by atoms with Gasteiger partial charge < -0.3 is 10.5 Å². The SMILES string of the molecule is CC.NC(=O)c1ccc2c(c1)COC2=O. The van der Waals surface area contributed by atoms with E-state index in [1.165, 1.54) is 6.07 Å². The highest BCUT2D eigenvalue weighted by Crippen LogP contribution is 2.20. The van der Waals surface area contributed by atoms with Crippen LogP contribution in [0, 0.1) is 0 Å². The standard InChI is InChI=1S/C9H7NO3.C2H6/c10-8(11)5-1-2-7-6(3-5)4-13-9(7)12;1-2/h1-3H,4H2,(H2,10,11);1-2H3. The maximum absolute atomic E-state index is 11.0. The number of esters is 1. The number of rotatable bonds is 1. The van der Waals surface area contributed by atoms with Crippen molar-refractivity contribution >= 4 is 11.9 Å². The Morgan fingerprint density at radius 1 is 1.40 bits per heavy atom. The summed E-state index contributed by atoms with van der Waals surface area (Å²) in [5, 5.41) is 0. The molecule has 80 valence electrons. The van der Waals surface area contributed by atoms with Crippen molar-refractivity contribution in [3.05, 3.63) is 34.9 Å². The van der Waals surface area contributed by atoms with Gasteiger partial charge in [0, 0.05) is 11.1 Å². The Kier molecular flexibility index (Phi) is 3.44. The Labute approximate surface area is 88.0 Å². The molecular weight excluding hydrogens is 194 g/mol. The second-order valence-corrected chi connectivity index (χ2v) is 2.81. The van der Waals surface area contributed by atoms with Gasteiger partial charge in [-0.3, -0.25) is 4.79 Å². The molecule has 2 N–H and O–H groups in total. The van der Waals surface area contributed by atoms with Crippen LogP contribution < -0.4 is 5.73 Å². The average molecular weight is 207 g/mol. The number of primary amides is 1. The van der Waals surface area contributed by atoms with Crippen LogP contribution in [0.15, 0.2) is 18.2 Å². The van der Waals surface area contributed by atoms with E-state index in [-0.39, 0.29) is 12.6 Å². The molecule has 15 heavy (non-hydrogen) atoms. The van der Waals surface area contributed by atoms with Gasteiger partial charge in [0.2, 0.25) is 5.91 Å². The molecule has 0 saturated carbocycles. The van der Waals surface area contributed by atoms with Gasteiger partial charge in [0.05, 0.1) is 5.56 Å². The number of nitrogens with two attached hydrogens (primary N) is 1. The zero-order chi connectivity index (χ0) is 11.4. The zero-order valence-corrected chi connectivity index (χ0v) is 8.74. The minimum Gasteiger partial charge on any atom is -0.457 e. The molecule has 1 aliphatic rings. The predicted molar refractivity (Wildman–Crippen MR) is 55.4 cm³/mol. The zero-order valence-electron chi connectivity index (χ0n) is 8.74. The van der Waals surface area contributed by atoms with E-state index in [0.717, 1.165) is 5.56 Å². The summed E-state index contributed by atoms with van der Waals surface area (Å²) in [6.45, 7) is 4.23. The van der Waals surface area contributed by atoms with E-state index in [2.05, 4.69) is 0 Å². The lowest BCUT2D eigenvalue weighted by Gasteiger charge is -1.96. The molecule has 1 aliphatic heterocycles. The van der Waals surface area contributed by atoms with Crippen molar-refractivity contribution in [2.45, 2.75) is 20.5 Å². The quantitative estimate of drug-likeness (QED) is 0.709. The Morgan fingerprint density at radius 2 is 2.07 bits per heavy atom. The molecular formula is C11H13NO3. The summed E-state index contributed by atoms with van der Waals surface area (Å²) >= 11 is 0. The largest absolute Gasteiger partial charge is 0.457 e. The Bertz CT molecular complexity index is 399. The Morgan fingerprint density at radius 3 is 2.67 bits per heavy atom. The minimum atomic E-state index is -0.498. The van der Waals surface area contributed by atoms with Gasteiger partial charge in [-0.15, -0.1) is 0 Å². The fourth-order valence-corrected chi connectivity index (χ4v) is 1.29. The van der Waals surface area contributed by atoms with E-state index in [0.29, 0.717) is 11.1 Å².